The Morgan fingerprint density at radius 1 is 1.25 bits per heavy atom. The van der Waals surface area contributed by atoms with Crippen molar-refractivity contribution in [1.82, 2.24) is 5.32 Å². The van der Waals surface area contributed by atoms with E-state index < -0.39 is 0 Å². The summed E-state index contributed by atoms with van der Waals surface area (Å²) < 4.78 is 1.13. The Morgan fingerprint density at radius 2 is 2.00 bits per heavy atom. The van der Waals surface area contributed by atoms with Crippen molar-refractivity contribution in [2.75, 3.05) is 7.05 Å². The summed E-state index contributed by atoms with van der Waals surface area (Å²) in [5, 5.41) is 4.08. The van der Waals surface area contributed by atoms with Crippen LogP contribution in [0.2, 0.25) is 5.02 Å². The number of nitrogens with one attached hydrogen (secondary N) is 1. The molecule has 0 saturated carbocycles. The van der Waals surface area contributed by atoms with Crippen LogP contribution in [0.5, 0.6) is 0 Å². The van der Waals surface area contributed by atoms with E-state index in [4.69, 9.17) is 11.6 Å². The van der Waals surface area contributed by atoms with E-state index in [-0.39, 0.29) is 0 Å². The highest BCUT2D eigenvalue weighted by molar-refractivity contribution is 9.10. The molecule has 1 N–H and O–H groups in total. The lowest BCUT2D eigenvalue weighted by molar-refractivity contribution is 0.651. The normalized spacial score (nSPS) is 12.4. The molecule has 20 heavy (non-hydrogen) atoms. The van der Waals surface area contributed by atoms with Gasteiger partial charge in [0.05, 0.1) is 0 Å². The first-order chi connectivity index (χ1) is 9.61. The number of halogens is 2. The molecule has 0 aliphatic carbocycles. The first kappa shape index (κ1) is 15.9. The fourth-order valence-corrected chi connectivity index (χ4v) is 3.79. The van der Waals surface area contributed by atoms with E-state index in [2.05, 4.69) is 52.4 Å². The molecule has 106 valence electrons. The molecule has 1 unspecified atom stereocenters. The fourth-order valence-electron chi connectivity index (χ4n) is 1.84. The smallest absolute Gasteiger partial charge is 0.0446 e. The fraction of sp³-hybridized carbons (Fsp3) is 0.250. The number of hydrogen-bond acceptors (Lipinski definition) is 2. The third-order valence-electron chi connectivity index (χ3n) is 3.23. The second-order valence-electron chi connectivity index (χ2n) is 4.58. The molecule has 0 aromatic heterocycles. The highest BCUT2D eigenvalue weighted by Crippen LogP contribution is 2.33. The van der Waals surface area contributed by atoms with Gasteiger partial charge < -0.3 is 5.32 Å². The maximum absolute atomic E-state index is 6.18. The van der Waals surface area contributed by atoms with Crippen LogP contribution in [0, 0.1) is 0 Å². The quantitative estimate of drug-likeness (QED) is 0.680. The van der Waals surface area contributed by atoms with E-state index in [1.807, 2.05) is 25.2 Å². The van der Waals surface area contributed by atoms with Crippen molar-refractivity contribution in [3.05, 3.63) is 63.1 Å². The van der Waals surface area contributed by atoms with Gasteiger partial charge in [0.1, 0.15) is 0 Å². The van der Waals surface area contributed by atoms with Crippen LogP contribution in [0.1, 0.15) is 24.1 Å². The van der Waals surface area contributed by atoms with Crippen LogP contribution in [0.3, 0.4) is 0 Å². The van der Waals surface area contributed by atoms with Crippen LogP contribution in [0.15, 0.2) is 51.8 Å². The van der Waals surface area contributed by atoms with E-state index in [0.717, 1.165) is 15.2 Å². The summed E-state index contributed by atoms with van der Waals surface area (Å²) >= 11 is 11.6. The number of hydrogen-bond donors (Lipinski definition) is 1. The van der Waals surface area contributed by atoms with Crippen LogP contribution in [-0.2, 0) is 5.75 Å². The Kier molecular flexibility index (Phi) is 5.97. The summed E-state index contributed by atoms with van der Waals surface area (Å²) in [5.41, 5.74) is 2.44. The minimum absolute atomic E-state index is 0.355. The summed E-state index contributed by atoms with van der Waals surface area (Å²) in [7, 11) is 1.97. The maximum atomic E-state index is 6.18. The minimum atomic E-state index is 0.355. The van der Waals surface area contributed by atoms with Crippen molar-refractivity contribution in [2.24, 2.45) is 0 Å². The zero-order valence-electron chi connectivity index (χ0n) is 11.5. The summed E-state index contributed by atoms with van der Waals surface area (Å²) in [5.74, 6) is 0.874. The van der Waals surface area contributed by atoms with Gasteiger partial charge >= 0.3 is 0 Å². The van der Waals surface area contributed by atoms with Crippen LogP contribution >= 0.6 is 39.3 Å². The van der Waals surface area contributed by atoms with E-state index in [9.17, 15) is 0 Å². The molecule has 0 bridgehead atoms. The molecule has 4 heteroatoms. The van der Waals surface area contributed by atoms with Crippen LogP contribution in [0.4, 0.5) is 0 Å². The average molecular weight is 371 g/mol. The minimum Gasteiger partial charge on any atom is -0.313 e. The molecule has 2 rings (SSSR count). The monoisotopic (exact) mass is 369 g/mol. The van der Waals surface area contributed by atoms with E-state index >= 15 is 0 Å². The summed E-state index contributed by atoms with van der Waals surface area (Å²) in [6, 6.07) is 14.8. The first-order valence-electron chi connectivity index (χ1n) is 6.44. The van der Waals surface area contributed by atoms with Crippen molar-refractivity contribution >= 4 is 39.3 Å². The van der Waals surface area contributed by atoms with E-state index in [0.29, 0.717) is 6.04 Å². The Morgan fingerprint density at radius 3 is 2.65 bits per heavy atom. The third kappa shape index (κ3) is 4.01. The number of thioether (sulfide) groups is 1. The lowest BCUT2D eigenvalue weighted by Gasteiger charge is -2.13. The molecule has 2 aromatic carbocycles. The molecule has 0 saturated heterocycles. The van der Waals surface area contributed by atoms with Crippen molar-refractivity contribution in [2.45, 2.75) is 23.6 Å². The van der Waals surface area contributed by atoms with Crippen molar-refractivity contribution in [3.63, 3.8) is 0 Å². The van der Waals surface area contributed by atoms with Gasteiger partial charge in [-0.2, -0.15) is 0 Å². The molecule has 1 atom stereocenters. The predicted octanol–water partition coefficient (Wildman–Crippen LogP) is 5.68. The Hall–Kier alpha value is -0.480. The molecule has 0 spiro atoms. The molecular formula is C16H17BrClNS. The van der Waals surface area contributed by atoms with Gasteiger partial charge in [-0.1, -0.05) is 35.9 Å². The molecule has 0 aliphatic rings. The van der Waals surface area contributed by atoms with Gasteiger partial charge in [0.25, 0.3) is 0 Å². The van der Waals surface area contributed by atoms with Gasteiger partial charge in [0.2, 0.25) is 0 Å². The lowest BCUT2D eigenvalue weighted by Crippen LogP contribution is -2.12. The molecule has 0 radical (unpaired) electrons. The molecule has 0 amide bonds. The average Bonchev–Trinajstić information content (AvgIpc) is 2.46. The topological polar surface area (TPSA) is 12.0 Å². The van der Waals surface area contributed by atoms with Gasteiger partial charge in [-0.15, -0.1) is 11.8 Å². The van der Waals surface area contributed by atoms with E-state index in [1.165, 1.54) is 16.0 Å². The highest BCUT2D eigenvalue weighted by Gasteiger charge is 2.07. The molecule has 0 heterocycles. The number of rotatable bonds is 5. The van der Waals surface area contributed by atoms with Crippen molar-refractivity contribution in [1.29, 1.82) is 0 Å². The van der Waals surface area contributed by atoms with E-state index in [1.54, 1.807) is 11.8 Å². The van der Waals surface area contributed by atoms with Gasteiger partial charge in [0.15, 0.2) is 0 Å². The van der Waals surface area contributed by atoms with Crippen LogP contribution < -0.4 is 5.32 Å². The predicted molar refractivity (Wildman–Crippen MR) is 92.6 cm³/mol. The van der Waals surface area contributed by atoms with Gasteiger partial charge in [-0.3, -0.25) is 0 Å². The first-order valence-corrected chi connectivity index (χ1v) is 8.60. The van der Waals surface area contributed by atoms with Crippen LogP contribution in [-0.4, -0.2) is 7.05 Å². The molecule has 1 nitrogen and oxygen atoms in total. The van der Waals surface area contributed by atoms with Gasteiger partial charge in [-0.05, 0) is 59.2 Å². The molecular weight excluding hydrogens is 354 g/mol. The maximum Gasteiger partial charge on any atom is 0.0446 e. The standard InChI is InChI=1S/C16H17BrClNS/c1-11(19-2)12-7-8-16(14(17)9-12)20-10-13-5-3-4-6-15(13)18/h3-9,11,19H,10H2,1-2H3. The zero-order valence-corrected chi connectivity index (χ0v) is 14.6. The Bertz CT molecular complexity index is 588. The van der Waals surface area contributed by atoms with Gasteiger partial charge in [0, 0.05) is 26.2 Å². The van der Waals surface area contributed by atoms with Gasteiger partial charge in [-0.25, -0.2) is 0 Å². The zero-order chi connectivity index (χ0) is 14.5. The second kappa shape index (κ2) is 7.51. The number of benzene rings is 2. The second-order valence-corrected chi connectivity index (χ2v) is 6.86. The largest absolute Gasteiger partial charge is 0.313 e. The van der Waals surface area contributed by atoms with Crippen LogP contribution in [0.25, 0.3) is 0 Å². The van der Waals surface area contributed by atoms with Crippen molar-refractivity contribution in [3.8, 4) is 0 Å². The summed E-state index contributed by atoms with van der Waals surface area (Å²) in [6.07, 6.45) is 0. The highest BCUT2D eigenvalue weighted by atomic mass is 79.9. The molecule has 2 aromatic rings. The Balaban J connectivity index is 2.09. The Labute approximate surface area is 138 Å². The molecule has 0 aliphatic heterocycles. The third-order valence-corrected chi connectivity index (χ3v) is 5.64. The van der Waals surface area contributed by atoms with Crippen molar-refractivity contribution < 1.29 is 0 Å². The lowest BCUT2D eigenvalue weighted by atomic mass is 10.1. The SMILES string of the molecule is CNC(C)c1ccc(SCc2ccccc2Cl)c(Br)c1. The summed E-state index contributed by atoms with van der Waals surface area (Å²) in [6.45, 7) is 2.15. The molecule has 0 fully saturated rings. The summed E-state index contributed by atoms with van der Waals surface area (Å²) in [4.78, 5) is 1.23.